The van der Waals surface area contributed by atoms with Gasteiger partial charge < -0.3 is 28.7 Å². The number of amides is 1. The molecule has 0 N–H and O–H groups in total. The summed E-state index contributed by atoms with van der Waals surface area (Å²) < 4.78 is 35.2. The summed E-state index contributed by atoms with van der Waals surface area (Å²) >= 11 is 6.18. The second-order valence-corrected chi connectivity index (χ2v) is 10.7. The van der Waals surface area contributed by atoms with Gasteiger partial charge in [0.25, 0.3) is 15.6 Å². The number of rotatable bonds is 8. The standard InChI is InChI=1S/C27H24ClN4O7S.HI/c1-4-14-39-26(35)19-8-6-10-22(15-19)40(37,38)32-25(34)23-12-11-20(28)16-24(23)31(27(32)36)30(18(3)33)21-9-7-13-29(5-2)17-21;/h4,6-13,15-17H,1,5,14H2,2-3H3;1H/q+1;/p-1. The van der Waals surface area contributed by atoms with Crippen LogP contribution in [0.2, 0.25) is 5.02 Å². The van der Waals surface area contributed by atoms with Crippen LogP contribution in [-0.4, -0.2) is 35.5 Å². The van der Waals surface area contributed by atoms with Crippen LogP contribution in [0.1, 0.15) is 24.2 Å². The van der Waals surface area contributed by atoms with Gasteiger partial charge in [-0.1, -0.05) is 30.3 Å². The van der Waals surface area contributed by atoms with Gasteiger partial charge in [-0.2, -0.15) is 4.68 Å². The van der Waals surface area contributed by atoms with E-state index in [0.717, 1.165) is 21.8 Å². The molecule has 4 rings (SSSR count). The Hall–Kier alpha value is -3.82. The average molecular weight is 711 g/mol. The zero-order valence-electron chi connectivity index (χ0n) is 21.9. The summed E-state index contributed by atoms with van der Waals surface area (Å²) in [5.74, 6) is -1.47. The van der Waals surface area contributed by atoms with Crippen LogP contribution in [0.25, 0.3) is 10.9 Å². The van der Waals surface area contributed by atoms with Crippen molar-refractivity contribution >= 4 is 50.1 Å². The Morgan fingerprint density at radius 2 is 1.85 bits per heavy atom. The normalized spacial score (nSPS) is 11.0. The van der Waals surface area contributed by atoms with E-state index >= 15 is 0 Å². The molecule has 214 valence electrons. The third kappa shape index (κ3) is 6.11. The van der Waals surface area contributed by atoms with E-state index in [-0.39, 0.29) is 61.7 Å². The van der Waals surface area contributed by atoms with E-state index < -0.39 is 38.0 Å². The van der Waals surface area contributed by atoms with Crippen molar-refractivity contribution in [3.63, 3.8) is 0 Å². The minimum atomic E-state index is -4.89. The lowest BCUT2D eigenvalue weighted by Crippen LogP contribution is -3.00. The van der Waals surface area contributed by atoms with E-state index in [1.54, 1.807) is 29.1 Å². The van der Waals surface area contributed by atoms with Crippen molar-refractivity contribution in [3.05, 3.63) is 111 Å². The van der Waals surface area contributed by atoms with Gasteiger partial charge in [0.1, 0.15) is 18.8 Å². The van der Waals surface area contributed by atoms with E-state index in [1.165, 1.54) is 43.3 Å². The summed E-state index contributed by atoms with van der Waals surface area (Å²) in [6.45, 7) is 6.95. The molecule has 0 unspecified atom stereocenters. The third-order valence-corrected chi connectivity index (χ3v) is 7.74. The van der Waals surface area contributed by atoms with E-state index in [4.69, 9.17) is 16.3 Å². The van der Waals surface area contributed by atoms with Crippen molar-refractivity contribution in [3.8, 4) is 0 Å². The molecule has 0 saturated carbocycles. The number of anilines is 1. The van der Waals surface area contributed by atoms with E-state index in [9.17, 15) is 27.6 Å². The van der Waals surface area contributed by atoms with Crippen LogP contribution in [0, 0.1) is 0 Å². The average Bonchev–Trinajstić information content (AvgIpc) is 2.93. The molecule has 1 amide bonds. The molecule has 4 aromatic rings. The van der Waals surface area contributed by atoms with Gasteiger partial charge in [0.15, 0.2) is 12.4 Å². The molecule has 0 radical (unpaired) electrons. The fourth-order valence-electron chi connectivity index (χ4n) is 4.03. The van der Waals surface area contributed by atoms with Crippen LogP contribution in [0.3, 0.4) is 0 Å². The van der Waals surface area contributed by atoms with Crippen molar-refractivity contribution in [2.45, 2.75) is 25.3 Å². The summed E-state index contributed by atoms with van der Waals surface area (Å²) in [5.41, 5.74) is -2.48. The van der Waals surface area contributed by atoms with Crippen molar-refractivity contribution in [2.75, 3.05) is 11.6 Å². The zero-order chi connectivity index (χ0) is 29.2. The SMILES string of the molecule is C=CCOC(=O)c1cccc(S(=O)(=O)n2c(=O)c3ccc(Cl)cc3n(N(C(C)=O)c3ccc[n+](CC)c3)c2=O)c1.[I-]. The summed E-state index contributed by atoms with van der Waals surface area (Å²) in [5, 5.41) is 0.910. The molecule has 11 nitrogen and oxygen atoms in total. The topological polar surface area (TPSA) is 129 Å². The first-order valence-electron chi connectivity index (χ1n) is 11.9. The number of aryl methyl sites for hydroxylation is 1. The van der Waals surface area contributed by atoms with Gasteiger partial charge in [0.05, 0.1) is 21.4 Å². The van der Waals surface area contributed by atoms with Gasteiger partial charge in [0.2, 0.25) is 5.91 Å². The number of nitrogens with zero attached hydrogens (tertiary/aromatic N) is 4. The highest BCUT2D eigenvalue weighted by atomic mass is 127. The molecule has 2 aromatic heterocycles. The van der Waals surface area contributed by atoms with Gasteiger partial charge in [-0.05, 0) is 49.4 Å². The molecule has 0 aliphatic heterocycles. The Morgan fingerprint density at radius 1 is 1.12 bits per heavy atom. The summed E-state index contributed by atoms with van der Waals surface area (Å²) in [6, 6.07) is 11.8. The number of hydrogen-bond acceptors (Lipinski definition) is 7. The molecular weight excluding hydrogens is 687 g/mol. The second-order valence-electron chi connectivity index (χ2n) is 8.47. The number of halogens is 2. The molecule has 0 aliphatic rings. The van der Waals surface area contributed by atoms with Crippen LogP contribution < -0.4 is 44.8 Å². The number of benzene rings is 2. The van der Waals surface area contributed by atoms with Gasteiger partial charge in [0, 0.05) is 18.0 Å². The second kappa shape index (κ2) is 12.8. The lowest BCUT2D eigenvalue weighted by molar-refractivity contribution is -0.693. The van der Waals surface area contributed by atoms with Crippen LogP contribution in [0.4, 0.5) is 5.69 Å². The fourth-order valence-corrected chi connectivity index (χ4v) is 5.53. The van der Waals surface area contributed by atoms with Crippen molar-refractivity contribution < 1.29 is 51.3 Å². The van der Waals surface area contributed by atoms with E-state index in [2.05, 4.69) is 6.58 Å². The fraction of sp³-hybridized carbons (Fsp3) is 0.148. The smallest absolute Gasteiger partial charge is 0.365 e. The van der Waals surface area contributed by atoms with E-state index in [0.29, 0.717) is 6.54 Å². The van der Waals surface area contributed by atoms with Crippen LogP contribution in [0.5, 0.6) is 0 Å². The Kier molecular flexibility index (Phi) is 9.89. The molecule has 0 bridgehead atoms. The Morgan fingerprint density at radius 3 is 2.51 bits per heavy atom. The lowest BCUT2D eigenvalue weighted by Gasteiger charge is -2.24. The minimum Gasteiger partial charge on any atom is -1.00 e. The zero-order valence-corrected chi connectivity index (χ0v) is 25.6. The number of aromatic nitrogens is 3. The Bertz CT molecular complexity index is 1900. The molecule has 0 aliphatic carbocycles. The highest BCUT2D eigenvalue weighted by molar-refractivity contribution is 7.90. The van der Waals surface area contributed by atoms with Crippen molar-refractivity contribution in [1.29, 1.82) is 0 Å². The number of ether oxygens (including phenoxy) is 1. The molecule has 2 heterocycles. The number of fused-ring (bicyclic) bond motifs is 1. The number of esters is 1. The number of hydrogen-bond donors (Lipinski definition) is 0. The van der Waals surface area contributed by atoms with Crippen LogP contribution >= 0.6 is 11.6 Å². The molecule has 2 aromatic carbocycles. The molecule has 0 spiro atoms. The maximum absolute atomic E-state index is 14.0. The number of carbonyl (C=O) groups excluding carboxylic acids is 2. The number of pyridine rings is 1. The van der Waals surface area contributed by atoms with Crippen LogP contribution in [0.15, 0.2) is 94.1 Å². The predicted molar refractivity (Wildman–Crippen MR) is 148 cm³/mol. The van der Waals surface area contributed by atoms with Crippen molar-refractivity contribution in [2.24, 2.45) is 0 Å². The quantitative estimate of drug-likeness (QED) is 0.105. The molecule has 41 heavy (non-hydrogen) atoms. The van der Waals surface area contributed by atoms with Gasteiger partial charge in [-0.3, -0.25) is 9.59 Å². The summed E-state index contributed by atoms with van der Waals surface area (Å²) in [7, 11) is -4.89. The largest absolute Gasteiger partial charge is 1.00 e. The minimum absolute atomic E-state index is 0. The first-order chi connectivity index (χ1) is 19.0. The van der Waals surface area contributed by atoms with Crippen LogP contribution in [-0.2, 0) is 26.1 Å². The summed E-state index contributed by atoms with van der Waals surface area (Å²) in [4.78, 5) is 52.3. The lowest BCUT2D eigenvalue weighted by atomic mass is 10.2. The Balaban J connectivity index is 0.00000462. The van der Waals surface area contributed by atoms with Crippen molar-refractivity contribution in [1.82, 2.24) is 8.65 Å². The molecular formula is C27H24ClIN4O7S. The maximum Gasteiger partial charge on any atom is 0.365 e. The highest BCUT2D eigenvalue weighted by Crippen LogP contribution is 2.21. The highest BCUT2D eigenvalue weighted by Gasteiger charge is 2.30. The number of carbonyl (C=O) groups is 2. The first-order valence-corrected chi connectivity index (χ1v) is 13.7. The maximum atomic E-state index is 14.0. The third-order valence-electron chi connectivity index (χ3n) is 5.85. The molecule has 0 atom stereocenters. The van der Waals surface area contributed by atoms with Gasteiger partial charge in [-0.25, -0.2) is 27.6 Å². The molecule has 14 heteroatoms. The monoisotopic (exact) mass is 710 g/mol. The molecule has 0 fully saturated rings. The van der Waals surface area contributed by atoms with Gasteiger partial charge >= 0.3 is 11.7 Å². The molecule has 0 saturated heterocycles. The summed E-state index contributed by atoms with van der Waals surface area (Å²) in [6.07, 6.45) is 4.68. The van der Waals surface area contributed by atoms with E-state index in [1.807, 2.05) is 6.92 Å². The predicted octanol–water partition coefficient (Wildman–Crippen LogP) is -0.476. The van der Waals surface area contributed by atoms with Gasteiger partial charge in [-0.15, -0.1) is 3.97 Å². The Labute approximate surface area is 256 Å². The first kappa shape index (κ1) is 31.7.